The number of piperidine rings is 1. The fourth-order valence-corrected chi connectivity index (χ4v) is 5.11. The predicted molar refractivity (Wildman–Crippen MR) is 132 cm³/mol. The maximum absolute atomic E-state index is 12.6. The number of hydrogen-bond donors (Lipinski definition) is 2. The summed E-state index contributed by atoms with van der Waals surface area (Å²) in [4.78, 5) is 43.3. The molecule has 1 spiro atoms. The van der Waals surface area contributed by atoms with Crippen molar-refractivity contribution in [3.05, 3.63) is 39.9 Å². The van der Waals surface area contributed by atoms with E-state index in [-0.39, 0.29) is 23.3 Å². The van der Waals surface area contributed by atoms with Crippen molar-refractivity contribution in [3.8, 4) is 0 Å². The Morgan fingerprint density at radius 2 is 1.82 bits per heavy atom. The van der Waals surface area contributed by atoms with Crippen LogP contribution in [0.15, 0.2) is 24.3 Å². The van der Waals surface area contributed by atoms with E-state index < -0.39 is 0 Å². The number of amides is 3. The minimum Gasteiger partial charge on any atom is -0.342 e. The molecule has 3 heterocycles. The third kappa shape index (κ3) is 5.92. The minimum atomic E-state index is -0.387. The molecule has 3 aliphatic rings. The van der Waals surface area contributed by atoms with Crippen LogP contribution < -0.4 is 10.6 Å². The normalized spacial score (nSPS) is 21.4. The highest BCUT2D eigenvalue weighted by Crippen LogP contribution is 2.25. The largest absolute Gasteiger partial charge is 0.342 e. The molecule has 1 aromatic rings. The second-order valence-corrected chi connectivity index (χ2v) is 9.91. The topological polar surface area (TPSA) is 85.0 Å². The van der Waals surface area contributed by atoms with E-state index in [2.05, 4.69) is 15.5 Å². The van der Waals surface area contributed by atoms with Crippen LogP contribution in [0.5, 0.6) is 0 Å². The smallest absolute Gasteiger partial charge is 0.246 e. The van der Waals surface area contributed by atoms with Crippen molar-refractivity contribution in [1.82, 2.24) is 25.3 Å². The molecule has 3 aliphatic heterocycles. The van der Waals surface area contributed by atoms with Crippen molar-refractivity contribution < 1.29 is 14.4 Å². The van der Waals surface area contributed by atoms with Gasteiger partial charge in [0, 0.05) is 51.8 Å². The molecular formula is C24H31Cl2N5O3. The number of carbonyl (C=O) groups excluding carboxylic acids is 3. The molecule has 1 aromatic carbocycles. The van der Waals surface area contributed by atoms with Gasteiger partial charge in [-0.15, -0.1) is 0 Å². The number of nitrogens with one attached hydrogen (secondary N) is 2. The SMILES string of the molecule is O=C(/C=C/c1ccc(Cl)c(Cl)c1)N1CCC(=O)N(CCCN2CCC3(CC2)NCNC3=O)CC1. The van der Waals surface area contributed by atoms with Crippen molar-refractivity contribution >= 4 is 47.0 Å². The van der Waals surface area contributed by atoms with Crippen LogP contribution in [-0.4, -0.2) is 90.4 Å². The summed E-state index contributed by atoms with van der Waals surface area (Å²) in [7, 11) is 0. The average molecular weight is 508 g/mol. The molecule has 8 nitrogen and oxygen atoms in total. The molecule has 0 atom stereocenters. The quantitative estimate of drug-likeness (QED) is 0.575. The number of carbonyl (C=O) groups is 3. The molecule has 2 N–H and O–H groups in total. The molecular weight excluding hydrogens is 477 g/mol. The van der Waals surface area contributed by atoms with Gasteiger partial charge in [0.05, 0.1) is 16.7 Å². The zero-order chi connectivity index (χ0) is 24.1. The first-order chi connectivity index (χ1) is 16.4. The molecule has 3 saturated heterocycles. The van der Waals surface area contributed by atoms with Gasteiger partial charge in [-0.2, -0.15) is 0 Å². The van der Waals surface area contributed by atoms with Gasteiger partial charge in [0.15, 0.2) is 0 Å². The van der Waals surface area contributed by atoms with E-state index >= 15 is 0 Å². The van der Waals surface area contributed by atoms with Gasteiger partial charge >= 0.3 is 0 Å². The lowest BCUT2D eigenvalue weighted by molar-refractivity contribution is -0.130. The van der Waals surface area contributed by atoms with E-state index in [4.69, 9.17) is 23.2 Å². The van der Waals surface area contributed by atoms with Crippen LogP contribution >= 0.6 is 23.2 Å². The van der Waals surface area contributed by atoms with Gasteiger partial charge in [0.2, 0.25) is 17.7 Å². The van der Waals surface area contributed by atoms with Crippen molar-refractivity contribution in [2.45, 2.75) is 31.2 Å². The summed E-state index contributed by atoms with van der Waals surface area (Å²) in [6.45, 7) is 5.37. The molecule has 3 fully saturated rings. The molecule has 184 valence electrons. The van der Waals surface area contributed by atoms with E-state index in [0.29, 0.717) is 49.3 Å². The lowest BCUT2D eigenvalue weighted by Crippen LogP contribution is -2.54. The Morgan fingerprint density at radius 1 is 1.03 bits per heavy atom. The van der Waals surface area contributed by atoms with Gasteiger partial charge < -0.3 is 20.0 Å². The van der Waals surface area contributed by atoms with Gasteiger partial charge in [-0.05, 0) is 49.6 Å². The molecule has 3 amide bonds. The molecule has 10 heteroatoms. The molecule has 0 unspecified atom stereocenters. The van der Waals surface area contributed by atoms with Crippen LogP contribution in [0.1, 0.15) is 31.2 Å². The number of nitrogens with zero attached hydrogens (tertiary/aromatic N) is 3. The number of halogens is 2. The Labute approximate surface area is 210 Å². The first kappa shape index (κ1) is 25.0. The zero-order valence-electron chi connectivity index (χ0n) is 19.2. The Hall–Kier alpha value is -2.13. The van der Waals surface area contributed by atoms with Crippen LogP contribution in [0, 0.1) is 0 Å². The van der Waals surface area contributed by atoms with Crippen molar-refractivity contribution in [3.63, 3.8) is 0 Å². The monoisotopic (exact) mass is 507 g/mol. The van der Waals surface area contributed by atoms with Crippen LogP contribution in [0.25, 0.3) is 6.08 Å². The lowest BCUT2D eigenvalue weighted by Gasteiger charge is -2.37. The number of benzene rings is 1. The molecule has 0 saturated carbocycles. The average Bonchev–Trinajstić information content (AvgIpc) is 3.07. The molecule has 34 heavy (non-hydrogen) atoms. The first-order valence-corrected chi connectivity index (χ1v) is 12.6. The first-order valence-electron chi connectivity index (χ1n) is 11.8. The summed E-state index contributed by atoms with van der Waals surface area (Å²) in [5, 5.41) is 7.09. The van der Waals surface area contributed by atoms with Gasteiger partial charge in [-0.1, -0.05) is 29.3 Å². The van der Waals surface area contributed by atoms with Crippen molar-refractivity contribution in [1.29, 1.82) is 0 Å². The van der Waals surface area contributed by atoms with Crippen LogP contribution in [0.3, 0.4) is 0 Å². The summed E-state index contributed by atoms with van der Waals surface area (Å²) >= 11 is 12.0. The maximum atomic E-state index is 12.6. The van der Waals surface area contributed by atoms with Gasteiger partial charge in [-0.3, -0.25) is 19.7 Å². The fourth-order valence-electron chi connectivity index (χ4n) is 4.80. The van der Waals surface area contributed by atoms with E-state index in [9.17, 15) is 14.4 Å². The fraction of sp³-hybridized carbons (Fsp3) is 0.542. The highest BCUT2D eigenvalue weighted by atomic mass is 35.5. The zero-order valence-corrected chi connectivity index (χ0v) is 20.7. The highest BCUT2D eigenvalue weighted by Gasteiger charge is 2.44. The molecule has 0 radical (unpaired) electrons. The van der Waals surface area contributed by atoms with E-state index in [1.54, 1.807) is 29.2 Å². The third-order valence-corrected chi connectivity index (χ3v) is 7.72. The Morgan fingerprint density at radius 3 is 2.53 bits per heavy atom. The van der Waals surface area contributed by atoms with Crippen molar-refractivity contribution in [2.75, 3.05) is 52.5 Å². The molecule has 0 aliphatic carbocycles. The molecule has 0 bridgehead atoms. The van der Waals surface area contributed by atoms with E-state index in [0.717, 1.165) is 44.5 Å². The third-order valence-electron chi connectivity index (χ3n) is 6.98. The lowest BCUT2D eigenvalue weighted by atomic mass is 9.88. The number of likely N-dealkylation sites (tertiary alicyclic amines) is 1. The number of rotatable bonds is 6. The van der Waals surface area contributed by atoms with Crippen LogP contribution in [0.4, 0.5) is 0 Å². The van der Waals surface area contributed by atoms with Crippen LogP contribution in [-0.2, 0) is 14.4 Å². The van der Waals surface area contributed by atoms with Crippen LogP contribution in [0.2, 0.25) is 10.0 Å². The van der Waals surface area contributed by atoms with Gasteiger partial charge in [0.25, 0.3) is 0 Å². The second kappa shape index (κ2) is 11.1. The van der Waals surface area contributed by atoms with E-state index in [1.807, 2.05) is 4.90 Å². The Balaban J connectivity index is 1.20. The summed E-state index contributed by atoms with van der Waals surface area (Å²) < 4.78 is 0. The van der Waals surface area contributed by atoms with Gasteiger partial charge in [-0.25, -0.2) is 0 Å². The molecule has 4 rings (SSSR count). The minimum absolute atomic E-state index is 0.0909. The Bertz CT molecular complexity index is 962. The summed E-state index contributed by atoms with van der Waals surface area (Å²) in [5.74, 6) is 0.0916. The summed E-state index contributed by atoms with van der Waals surface area (Å²) in [6.07, 6.45) is 6.07. The second-order valence-electron chi connectivity index (χ2n) is 9.10. The number of hydrogen-bond acceptors (Lipinski definition) is 5. The standard InChI is InChI=1S/C24H31Cl2N5O3/c25-19-4-2-18(16-20(19)26)3-5-21(32)31-11-6-22(33)30(14-15-31)10-1-9-29-12-7-24(8-13-29)23(34)27-17-28-24/h2-5,16,28H,1,6-15,17H2,(H,27,34)/b5-3+. The highest BCUT2D eigenvalue weighted by molar-refractivity contribution is 6.42. The van der Waals surface area contributed by atoms with Gasteiger partial charge in [0.1, 0.15) is 5.54 Å². The Kier molecular flexibility index (Phi) is 8.14. The summed E-state index contributed by atoms with van der Waals surface area (Å²) in [5.41, 5.74) is 0.407. The molecule has 0 aromatic heterocycles. The maximum Gasteiger partial charge on any atom is 0.246 e. The predicted octanol–water partition coefficient (Wildman–Crippen LogP) is 1.97. The summed E-state index contributed by atoms with van der Waals surface area (Å²) in [6, 6.07) is 5.20. The van der Waals surface area contributed by atoms with Crippen molar-refractivity contribution in [2.24, 2.45) is 0 Å². The van der Waals surface area contributed by atoms with E-state index in [1.165, 1.54) is 6.08 Å².